The monoisotopic (exact) mass is 240 g/mol. The van der Waals surface area contributed by atoms with Crippen LogP contribution in [-0.4, -0.2) is 49.8 Å². The van der Waals surface area contributed by atoms with Crippen molar-refractivity contribution in [1.29, 1.82) is 0 Å². The molecular formula is C14H28N2O. The topological polar surface area (TPSA) is 24.5 Å². The first-order valence-electron chi connectivity index (χ1n) is 7.33. The minimum Gasteiger partial charge on any atom is -0.374 e. The first kappa shape index (κ1) is 13.3. The van der Waals surface area contributed by atoms with Gasteiger partial charge in [0.15, 0.2) is 0 Å². The molecule has 0 aliphatic carbocycles. The Labute approximate surface area is 106 Å². The van der Waals surface area contributed by atoms with Crippen molar-refractivity contribution in [2.75, 3.05) is 26.7 Å². The fraction of sp³-hybridized carbons (Fsp3) is 1.00. The second-order valence-electron chi connectivity index (χ2n) is 5.55. The Kier molecular flexibility index (Phi) is 4.83. The molecular weight excluding hydrogens is 212 g/mol. The number of hydrogen-bond donors (Lipinski definition) is 1. The summed E-state index contributed by atoms with van der Waals surface area (Å²) in [5, 5.41) is 3.50. The Hall–Kier alpha value is -0.120. The molecule has 2 aliphatic heterocycles. The lowest BCUT2D eigenvalue weighted by Gasteiger charge is -2.41. The Morgan fingerprint density at radius 3 is 2.76 bits per heavy atom. The van der Waals surface area contributed by atoms with Gasteiger partial charge in [-0.2, -0.15) is 0 Å². The Balaban J connectivity index is 1.95. The maximum absolute atomic E-state index is 6.13. The van der Waals surface area contributed by atoms with Crippen LogP contribution in [0.2, 0.25) is 0 Å². The van der Waals surface area contributed by atoms with Crippen LogP contribution in [0.4, 0.5) is 0 Å². The predicted molar refractivity (Wildman–Crippen MR) is 71.3 cm³/mol. The molecule has 0 aromatic rings. The van der Waals surface area contributed by atoms with E-state index < -0.39 is 0 Å². The van der Waals surface area contributed by atoms with Crippen LogP contribution < -0.4 is 5.32 Å². The highest BCUT2D eigenvalue weighted by molar-refractivity contribution is 4.91. The Morgan fingerprint density at radius 2 is 2.12 bits per heavy atom. The molecule has 0 bridgehead atoms. The molecule has 3 nitrogen and oxygen atoms in total. The Bertz CT molecular complexity index is 230. The van der Waals surface area contributed by atoms with Crippen molar-refractivity contribution in [2.45, 2.75) is 57.7 Å². The molecule has 17 heavy (non-hydrogen) atoms. The third-order valence-corrected chi connectivity index (χ3v) is 4.71. The smallest absolute Gasteiger partial charge is 0.0858 e. The van der Waals surface area contributed by atoms with E-state index in [2.05, 4.69) is 31.1 Å². The largest absolute Gasteiger partial charge is 0.374 e. The summed E-state index contributed by atoms with van der Waals surface area (Å²) in [6.07, 6.45) is 5.56. The number of nitrogens with one attached hydrogen (secondary N) is 1. The highest BCUT2D eigenvalue weighted by atomic mass is 16.5. The minimum absolute atomic E-state index is 0.388. The van der Waals surface area contributed by atoms with E-state index in [1.54, 1.807) is 0 Å². The zero-order chi connectivity index (χ0) is 12.3. The molecule has 2 rings (SSSR count). The van der Waals surface area contributed by atoms with Crippen molar-refractivity contribution in [2.24, 2.45) is 5.92 Å². The van der Waals surface area contributed by atoms with Gasteiger partial charge in [0, 0.05) is 18.6 Å². The first-order valence-corrected chi connectivity index (χ1v) is 7.33. The van der Waals surface area contributed by atoms with Crippen LogP contribution in [-0.2, 0) is 4.74 Å². The van der Waals surface area contributed by atoms with Crippen LogP contribution >= 0.6 is 0 Å². The summed E-state index contributed by atoms with van der Waals surface area (Å²) in [4.78, 5) is 2.64. The highest BCUT2D eigenvalue weighted by Gasteiger charge is 2.37. The van der Waals surface area contributed by atoms with Crippen LogP contribution in [0.25, 0.3) is 0 Å². The average Bonchev–Trinajstić information content (AvgIpc) is 2.82. The molecule has 0 aromatic heterocycles. The number of likely N-dealkylation sites (N-methyl/N-ethyl adjacent to an activating group) is 1. The number of fused-ring (bicyclic) bond motifs is 1. The van der Waals surface area contributed by atoms with Crippen molar-refractivity contribution >= 4 is 0 Å². The van der Waals surface area contributed by atoms with Crippen molar-refractivity contribution < 1.29 is 4.74 Å². The van der Waals surface area contributed by atoms with Crippen LogP contribution in [0.3, 0.4) is 0 Å². The average molecular weight is 240 g/mol. The van der Waals surface area contributed by atoms with Gasteiger partial charge >= 0.3 is 0 Å². The van der Waals surface area contributed by atoms with Gasteiger partial charge in [-0.3, -0.25) is 4.90 Å². The van der Waals surface area contributed by atoms with Gasteiger partial charge in [-0.1, -0.05) is 26.7 Å². The van der Waals surface area contributed by atoms with Gasteiger partial charge in [0.05, 0.1) is 12.7 Å². The molecule has 100 valence electrons. The van der Waals surface area contributed by atoms with E-state index >= 15 is 0 Å². The van der Waals surface area contributed by atoms with E-state index in [1.807, 2.05) is 0 Å². The molecule has 0 radical (unpaired) electrons. The van der Waals surface area contributed by atoms with Gasteiger partial charge in [0.2, 0.25) is 0 Å². The first-order chi connectivity index (χ1) is 8.30. The molecule has 0 saturated carbocycles. The molecule has 3 atom stereocenters. The number of rotatable bonds is 5. The second kappa shape index (κ2) is 6.17. The van der Waals surface area contributed by atoms with E-state index in [-0.39, 0.29) is 0 Å². The number of nitrogens with zero attached hydrogens (tertiary/aromatic N) is 1. The summed E-state index contributed by atoms with van der Waals surface area (Å²) in [6.45, 7) is 7.94. The molecule has 2 saturated heterocycles. The SMILES string of the molecule is CCC(CC)C(NC)C1CN2CCCC2CO1. The standard InChI is InChI=1S/C14H28N2O/c1-4-11(5-2)14(15-3)13-9-16-8-6-7-12(16)10-17-13/h11-15H,4-10H2,1-3H3. The van der Waals surface area contributed by atoms with Crippen LogP contribution in [0.1, 0.15) is 39.5 Å². The summed E-state index contributed by atoms with van der Waals surface area (Å²) in [6, 6.07) is 1.23. The molecule has 0 aromatic carbocycles. The van der Waals surface area contributed by atoms with Crippen LogP contribution in [0, 0.1) is 5.92 Å². The van der Waals surface area contributed by atoms with Gasteiger partial charge in [-0.05, 0) is 32.4 Å². The third kappa shape index (κ3) is 2.83. The molecule has 2 fully saturated rings. The lowest BCUT2D eigenvalue weighted by atomic mass is 9.89. The van der Waals surface area contributed by atoms with Crippen molar-refractivity contribution in [3.63, 3.8) is 0 Å². The lowest BCUT2D eigenvalue weighted by Crippen LogP contribution is -2.55. The van der Waals surface area contributed by atoms with Crippen molar-refractivity contribution in [1.82, 2.24) is 10.2 Å². The Morgan fingerprint density at radius 1 is 1.35 bits per heavy atom. The maximum atomic E-state index is 6.13. The van der Waals surface area contributed by atoms with Crippen LogP contribution in [0.5, 0.6) is 0 Å². The van der Waals surface area contributed by atoms with E-state index in [9.17, 15) is 0 Å². The van der Waals surface area contributed by atoms with Crippen LogP contribution in [0.15, 0.2) is 0 Å². The number of ether oxygens (including phenoxy) is 1. The van der Waals surface area contributed by atoms with Crippen molar-refractivity contribution in [3.05, 3.63) is 0 Å². The van der Waals surface area contributed by atoms with E-state index in [0.29, 0.717) is 18.2 Å². The molecule has 0 amide bonds. The van der Waals surface area contributed by atoms with Gasteiger partial charge in [-0.25, -0.2) is 0 Å². The van der Waals surface area contributed by atoms with E-state index in [1.165, 1.54) is 32.2 Å². The minimum atomic E-state index is 0.388. The van der Waals surface area contributed by atoms with Gasteiger partial charge in [0.25, 0.3) is 0 Å². The fourth-order valence-electron chi connectivity index (χ4n) is 3.58. The van der Waals surface area contributed by atoms with E-state index in [4.69, 9.17) is 4.74 Å². The second-order valence-corrected chi connectivity index (χ2v) is 5.55. The zero-order valence-corrected chi connectivity index (χ0v) is 11.6. The quantitative estimate of drug-likeness (QED) is 0.794. The summed E-state index contributed by atoms with van der Waals surface area (Å²) >= 11 is 0. The predicted octanol–water partition coefficient (Wildman–Crippen LogP) is 1.87. The van der Waals surface area contributed by atoms with Gasteiger partial charge < -0.3 is 10.1 Å². The molecule has 3 unspecified atom stereocenters. The van der Waals surface area contributed by atoms with Gasteiger partial charge in [0.1, 0.15) is 0 Å². The van der Waals surface area contributed by atoms with Crippen molar-refractivity contribution in [3.8, 4) is 0 Å². The molecule has 2 heterocycles. The van der Waals surface area contributed by atoms with E-state index in [0.717, 1.165) is 19.1 Å². The maximum Gasteiger partial charge on any atom is 0.0858 e. The normalized spacial score (nSPS) is 31.8. The zero-order valence-electron chi connectivity index (χ0n) is 11.6. The number of morpholine rings is 1. The molecule has 1 N–H and O–H groups in total. The molecule has 3 heteroatoms. The number of hydrogen-bond acceptors (Lipinski definition) is 3. The lowest BCUT2D eigenvalue weighted by molar-refractivity contribution is -0.0728. The summed E-state index contributed by atoms with van der Waals surface area (Å²) in [5.41, 5.74) is 0. The summed E-state index contributed by atoms with van der Waals surface area (Å²) < 4.78 is 6.13. The summed E-state index contributed by atoms with van der Waals surface area (Å²) in [5.74, 6) is 0.740. The third-order valence-electron chi connectivity index (χ3n) is 4.71. The summed E-state index contributed by atoms with van der Waals surface area (Å²) in [7, 11) is 2.09. The highest BCUT2D eigenvalue weighted by Crippen LogP contribution is 2.27. The fourth-order valence-corrected chi connectivity index (χ4v) is 3.58. The molecule has 0 spiro atoms. The molecule has 2 aliphatic rings. The van der Waals surface area contributed by atoms with Gasteiger partial charge in [-0.15, -0.1) is 0 Å².